The highest BCUT2D eigenvalue weighted by atomic mass is 35.5. The normalized spacial score (nSPS) is 10.4. The van der Waals surface area contributed by atoms with Crippen LogP contribution in [0.3, 0.4) is 0 Å². The van der Waals surface area contributed by atoms with Crippen LogP contribution in [0.2, 0.25) is 10.0 Å². The van der Waals surface area contributed by atoms with Gasteiger partial charge in [0.15, 0.2) is 11.5 Å². The summed E-state index contributed by atoms with van der Waals surface area (Å²) in [4.78, 5) is 11.9. The minimum absolute atomic E-state index is 0.0639. The van der Waals surface area contributed by atoms with Crippen LogP contribution < -0.4 is 5.32 Å². The summed E-state index contributed by atoms with van der Waals surface area (Å²) >= 11 is 11.5. The number of anilines is 1. The lowest BCUT2D eigenvalue weighted by Crippen LogP contribution is -2.12. The SMILES string of the molecule is Cc1ccoc1C(=O)Nc1cc(Cl)c(O)c(Cl)c1. The van der Waals surface area contributed by atoms with Crippen molar-refractivity contribution in [2.75, 3.05) is 5.32 Å². The smallest absolute Gasteiger partial charge is 0.291 e. The molecule has 6 heteroatoms. The first-order chi connectivity index (χ1) is 8.49. The Labute approximate surface area is 113 Å². The minimum atomic E-state index is -0.407. The summed E-state index contributed by atoms with van der Waals surface area (Å²) in [7, 11) is 0. The molecule has 0 bridgehead atoms. The average molecular weight is 286 g/mol. The van der Waals surface area contributed by atoms with Gasteiger partial charge in [-0.2, -0.15) is 0 Å². The van der Waals surface area contributed by atoms with E-state index < -0.39 is 5.91 Å². The molecule has 0 saturated heterocycles. The van der Waals surface area contributed by atoms with E-state index in [9.17, 15) is 9.90 Å². The van der Waals surface area contributed by atoms with E-state index in [0.717, 1.165) is 5.56 Å². The maximum absolute atomic E-state index is 11.9. The van der Waals surface area contributed by atoms with Gasteiger partial charge in [-0.1, -0.05) is 23.2 Å². The van der Waals surface area contributed by atoms with Crippen LogP contribution in [0, 0.1) is 6.92 Å². The van der Waals surface area contributed by atoms with Crippen molar-refractivity contribution in [3.05, 3.63) is 45.8 Å². The molecule has 0 radical (unpaired) electrons. The second-order valence-electron chi connectivity index (χ2n) is 3.68. The number of aryl methyl sites for hydroxylation is 1. The Morgan fingerprint density at radius 2 is 1.94 bits per heavy atom. The Bertz CT molecular complexity index is 584. The summed E-state index contributed by atoms with van der Waals surface area (Å²) in [6.07, 6.45) is 1.43. The molecule has 1 aromatic carbocycles. The fraction of sp³-hybridized carbons (Fsp3) is 0.0833. The van der Waals surface area contributed by atoms with Crippen LogP contribution in [0.5, 0.6) is 5.75 Å². The highest BCUT2D eigenvalue weighted by Gasteiger charge is 2.14. The lowest BCUT2D eigenvalue weighted by Gasteiger charge is -2.07. The maximum atomic E-state index is 11.9. The van der Waals surface area contributed by atoms with Gasteiger partial charge in [0.25, 0.3) is 5.91 Å². The zero-order valence-corrected chi connectivity index (χ0v) is 10.8. The third-order valence-electron chi connectivity index (χ3n) is 2.34. The Hall–Kier alpha value is -1.65. The van der Waals surface area contributed by atoms with Crippen molar-refractivity contribution in [3.8, 4) is 5.75 Å². The molecular formula is C12H9Cl2NO3. The molecule has 0 atom stereocenters. The van der Waals surface area contributed by atoms with Gasteiger partial charge in [-0.3, -0.25) is 4.79 Å². The molecule has 0 aliphatic rings. The van der Waals surface area contributed by atoms with Crippen LogP contribution in [0.25, 0.3) is 0 Å². The van der Waals surface area contributed by atoms with Crippen LogP contribution in [0.1, 0.15) is 16.1 Å². The van der Waals surface area contributed by atoms with Crippen LogP contribution in [-0.2, 0) is 0 Å². The van der Waals surface area contributed by atoms with Gasteiger partial charge in [0.2, 0.25) is 0 Å². The molecule has 2 N–H and O–H groups in total. The monoisotopic (exact) mass is 285 g/mol. The molecule has 1 aromatic heterocycles. The Morgan fingerprint density at radius 1 is 1.33 bits per heavy atom. The molecule has 0 saturated carbocycles. The summed E-state index contributed by atoms with van der Waals surface area (Å²) < 4.78 is 5.06. The van der Waals surface area contributed by atoms with Gasteiger partial charge in [-0.15, -0.1) is 0 Å². The van der Waals surface area contributed by atoms with E-state index in [2.05, 4.69) is 5.32 Å². The molecule has 0 aliphatic heterocycles. The zero-order chi connectivity index (χ0) is 13.3. The lowest BCUT2D eigenvalue weighted by atomic mass is 10.2. The second-order valence-corrected chi connectivity index (χ2v) is 4.49. The van der Waals surface area contributed by atoms with Crippen LogP contribution >= 0.6 is 23.2 Å². The van der Waals surface area contributed by atoms with Gasteiger partial charge in [0.05, 0.1) is 16.3 Å². The Balaban J connectivity index is 2.25. The van der Waals surface area contributed by atoms with E-state index in [4.69, 9.17) is 27.6 Å². The predicted molar refractivity (Wildman–Crippen MR) is 69.5 cm³/mol. The molecule has 1 heterocycles. The van der Waals surface area contributed by atoms with Crippen molar-refractivity contribution >= 4 is 34.8 Å². The molecule has 1 amide bonds. The third kappa shape index (κ3) is 2.44. The van der Waals surface area contributed by atoms with Crippen LogP contribution in [0.4, 0.5) is 5.69 Å². The number of amides is 1. The molecule has 0 unspecified atom stereocenters. The first-order valence-corrected chi connectivity index (χ1v) is 5.78. The number of carbonyl (C=O) groups is 1. The molecular weight excluding hydrogens is 277 g/mol. The molecule has 2 aromatic rings. The molecule has 0 fully saturated rings. The largest absolute Gasteiger partial charge is 0.505 e. The number of nitrogens with one attached hydrogen (secondary N) is 1. The number of furan rings is 1. The van der Waals surface area contributed by atoms with Crippen LogP contribution in [-0.4, -0.2) is 11.0 Å². The highest BCUT2D eigenvalue weighted by Crippen LogP contribution is 2.34. The summed E-state index contributed by atoms with van der Waals surface area (Å²) in [6, 6.07) is 4.49. The third-order valence-corrected chi connectivity index (χ3v) is 2.92. The zero-order valence-electron chi connectivity index (χ0n) is 9.33. The topological polar surface area (TPSA) is 62.5 Å². The maximum Gasteiger partial charge on any atom is 0.291 e. The van der Waals surface area contributed by atoms with Crippen molar-refractivity contribution in [3.63, 3.8) is 0 Å². The number of aromatic hydroxyl groups is 1. The van der Waals surface area contributed by atoms with E-state index >= 15 is 0 Å². The Kier molecular flexibility index (Phi) is 3.50. The van der Waals surface area contributed by atoms with E-state index in [1.165, 1.54) is 18.4 Å². The van der Waals surface area contributed by atoms with Crippen molar-refractivity contribution in [2.24, 2.45) is 0 Å². The van der Waals surface area contributed by atoms with Gasteiger partial charge in [0.1, 0.15) is 0 Å². The van der Waals surface area contributed by atoms with E-state index in [0.29, 0.717) is 5.69 Å². The fourth-order valence-corrected chi connectivity index (χ4v) is 1.92. The number of phenols is 1. The summed E-state index contributed by atoms with van der Waals surface area (Å²) in [5.41, 5.74) is 1.10. The Morgan fingerprint density at radius 3 is 2.44 bits per heavy atom. The molecule has 2 rings (SSSR count). The van der Waals surface area contributed by atoms with Gasteiger partial charge < -0.3 is 14.8 Å². The first-order valence-electron chi connectivity index (χ1n) is 5.02. The molecule has 94 valence electrons. The summed E-state index contributed by atoms with van der Waals surface area (Å²) in [6.45, 7) is 1.76. The number of rotatable bonds is 2. The quantitative estimate of drug-likeness (QED) is 0.824. The van der Waals surface area contributed by atoms with Gasteiger partial charge in [-0.25, -0.2) is 0 Å². The fourth-order valence-electron chi connectivity index (χ4n) is 1.43. The number of hydrogen-bond acceptors (Lipinski definition) is 3. The van der Waals surface area contributed by atoms with E-state index in [-0.39, 0.29) is 21.6 Å². The van der Waals surface area contributed by atoms with Crippen molar-refractivity contribution in [1.82, 2.24) is 0 Å². The minimum Gasteiger partial charge on any atom is -0.505 e. The lowest BCUT2D eigenvalue weighted by molar-refractivity contribution is 0.0996. The first kappa shape index (κ1) is 12.8. The number of phenolic OH excluding ortho intramolecular Hbond substituents is 1. The van der Waals surface area contributed by atoms with Crippen molar-refractivity contribution < 1.29 is 14.3 Å². The molecule has 0 spiro atoms. The van der Waals surface area contributed by atoms with Gasteiger partial charge >= 0.3 is 0 Å². The molecule has 18 heavy (non-hydrogen) atoms. The summed E-state index contributed by atoms with van der Waals surface area (Å²) in [5, 5.41) is 12.1. The second kappa shape index (κ2) is 4.92. The summed E-state index contributed by atoms with van der Waals surface area (Å²) in [5.74, 6) is -0.406. The predicted octanol–water partition coefficient (Wildman–Crippen LogP) is 3.85. The van der Waals surface area contributed by atoms with Crippen molar-refractivity contribution in [2.45, 2.75) is 6.92 Å². The number of hydrogen-bond donors (Lipinski definition) is 2. The number of carbonyl (C=O) groups excluding carboxylic acids is 1. The van der Waals surface area contributed by atoms with Crippen LogP contribution in [0.15, 0.2) is 28.9 Å². The number of halogens is 2. The standard InChI is InChI=1S/C12H9Cl2NO3/c1-6-2-3-18-11(6)12(17)15-7-4-8(13)10(16)9(14)5-7/h2-5,16H,1H3,(H,15,17). The number of benzene rings is 1. The van der Waals surface area contributed by atoms with E-state index in [1.807, 2.05) is 0 Å². The van der Waals surface area contributed by atoms with E-state index in [1.54, 1.807) is 13.0 Å². The molecule has 0 aliphatic carbocycles. The van der Waals surface area contributed by atoms with Gasteiger partial charge in [0, 0.05) is 11.3 Å². The highest BCUT2D eigenvalue weighted by molar-refractivity contribution is 6.37. The molecule has 4 nitrogen and oxygen atoms in total. The van der Waals surface area contributed by atoms with Gasteiger partial charge in [-0.05, 0) is 25.1 Å². The average Bonchev–Trinajstić information content (AvgIpc) is 2.72. The van der Waals surface area contributed by atoms with Crippen molar-refractivity contribution in [1.29, 1.82) is 0 Å².